The van der Waals surface area contributed by atoms with Gasteiger partial charge < -0.3 is 10.5 Å². The molecule has 4 rings (SSSR count). The van der Waals surface area contributed by atoms with Gasteiger partial charge in [-0.2, -0.15) is 5.26 Å². The van der Waals surface area contributed by atoms with E-state index in [9.17, 15) is 4.79 Å². The van der Waals surface area contributed by atoms with Crippen molar-refractivity contribution in [2.75, 3.05) is 0 Å². The molecule has 2 N–H and O–H groups in total. The van der Waals surface area contributed by atoms with Gasteiger partial charge in [-0.3, -0.25) is 4.79 Å². The Labute approximate surface area is 230 Å². The van der Waals surface area contributed by atoms with Crippen LogP contribution < -0.4 is 5.73 Å². The zero-order valence-corrected chi connectivity index (χ0v) is 25.1. The minimum atomic E-state index is -0.609. The molecule has 4 aliphatic rings. The summed E-state index contributed by atoms with van der Waals surface area (Å²) in [5.74, 6) is 4.68. The summed E-state index contributed by atoms with van der Waals surface area (Å²) in [7, 11) is 0. The lowest BCUT2D eigenvalue weighted by molar-refractivity contribution is -0.151. The van der Waals surface area contributed by atoms with Crippen LogP contribution in [0.5, 0.6) is 0 Å². The lowest BCUT2D eigenvalue weighted by Gasteiger charge is -2.58. The standard InChI is InChI=1S/C32H52N2O2S/c1-20(2)8-7-9-21(3)26-12-13-27-25-11-10-23-18-24(36-30(35)29(22(4)34)37-19-33)14-16-31(23,5)28(25)15-17-32(26,27)6/h10,20-22,24-29H,7-9,11-18,34H2,1-6H3/t21-,22?,24+,25+,26-,27+,28+,29?,31+,32-/m1/s1. The fourth-order valence-electron chi connectivity index (χ4n) is 9.41. The number of nitrogens with zero attached hydrogens (tertiary/aromatic N) is 1. The lowest BCUT2D eigenvalue weighted by atomic mass is 9.47. The topological polar surface area (TPSA) is 76.1 Å². The number of nitrogens with two attached hydrogens (primary N) is 1. The van der Waals surface area contributed by atoms with Gasteiger partial charge in [0.15, 0.2) is 0 Å². The normalized spacial score (nSPS) is 39.4. The molecule has 0 amide bonds. The predicted octanol–water partition coefficient (Wildman–Crippen LogP) is 7.87. The van der Waals surface area contributed by atoms with Gasteiger partial charge >= 0.3 is 5.97 Å². The minimum absolute atomic E-state index is 0.0830. The molecule has 0 spiro atoms. The summed E-state index contributed by atoms with van der Waals surface area (Å²) < 4.78 is 5.94. The molecule has 3 saturated carbocycles. The number of carbonyl (C=O) groups is 1. The second-order valence-corrected chi connectivity index (χ2v) is 15.0. The van der Waals surface area contributed by atoms with Crippen LogP contribution in [0.25, 0.3) is 0 Å². The highest BCUT2D eigenvalue weighted by Gasteiger charge is 2.59. The molecule has 0 heterocycles. The molecule has 0 aliphatic heterocycles. The molecule has 37 heavy (non-hydrogen) atoms. The monoisotopic (exact) mass is 528 g/mol. The van der Waals surface area contributed by atoms with Crippen LogP contribution in [0.3, 0.4) is 0 Å². The second kappa shape index (κ2) is 11.6. The van der Waals surface area contributed by atoms with E-state index in [0.717, 1.165) is 66.5 Å². The largest absolute Gasteiger partial charge is 0.461 e. The Bertz CT molecular complexity index is 894. The van der Waals surface area contributed by atoms with Crippen LogP contribution in [0.15, 0.2) is 11.6 Å². The van der Waals surface area contributed by atoms with Gasteiger partial charge in [0.25, 0.3) is 0 Å². The van der Waals surface area contributed by atoms with Crippen molar-refractivity contribution >= 4 is 17.7 Å². The highest BCUT2D eigenvalue weighted by Crippen LogP contribution is 2.67. The number of thiocyanates is 1. The Kier molecular flexibility index (Phi) is 9.12. The third-order valence-electron chi connectivity index (χ3n) is 11.4. The van der Waals surface area contributed by atoms with Crippen molar-refractivity contribution in [3.05, 3.63) is 11.6 Å². The van der Waals surface area contributed by atoms with Gasteiger partial charge in [0.2, 0.25) is 0 Å². The zero-order valence-electron chi connectivity index (χ0n) is 24.3. The van der Waals surface area contributed by atoms with Crippen molar-refractivity contribution in [2.45, 2.75) is 130 Å². The number of nitriles is 1. The highest BCUT2D eigenvalue weighted by atomic mass is 32.2. The van der Waals surface area contributed by atoms with Gasteiger partial charge in [-0.05, 0) is 110 Å². The Balaban J connectivity index is 1.42. The molecule has 0 aromatic rings. The fourth-order valence-corrected chi connectivity index (χ4v) is 9.89. The van der Waals surface area contributed by atoms with Crippen LogP contribution in [0.2, 0.25) is 0 Å². The molecular weight excluding hydrogens is 476 g/mol. The third-order valence-corrected chi connectivity index (χ3v) is 12.4. The van der Waals surface area contributed by atoms with Crippen LogP contribution in [0.1, 0.15) is 112 Å². The maximum absolute atomic E-state index is 12.8. The maximum atomic E-state index is 12.8. The van der Waals surface area contributed by atoms with E-state index in [1.807, 2.05) is 5.40 Å². The van der Waals surface area contributed by atoms with Crippen LogP contribution in [-0.4, -0.2) is 23.4 Å². The number of hydrogen-bond donors (Lipinski definition) is 1. The molecular formula is C32H52N2O2S. The SMILES string of the molecule is CC(C)CCC[C@@H](C)[C@H]1CC[C@H]2[C@@H]3CC=C4C[C@@H](OC(=O)C(SC#N)C(C)N)CC[C@]4(C)[C@H]3CC[C@]12C. The first-order chi connectivity index (χ1) is 17.5. The van der Waals surface area contributed by atoms with E-state index in [2.05, 4.69) is 40.7 Å². The van der Waals surface area contributed by atoms with Crippen molar-refractivity contribution in [3.8, 4) is 5.40 Å². The summed E-state index contributed by atoms with van der Waals surface area (Å²) in [5.41, 5.74) is 8.25. The molecule has 0 saturated heterocycles. The quantitative estimate of drug-likeness (QED) is 0.187. The number of thioether (sulfide) groups is 1. The summed E-state index contributed by atoms with van der Waals surface area (Å²) in [5, 5.41) is 10.5. The van der Waals surface area contributed by atoms with Crippen molar-refractivity contribution in [1.82, 2.24) is 0 Å². The second-order valence-electron chi connectivity index (χ2n) is 14.1. The highest BCUT2D eigenvalue weighted by molar-refractivity contribution is 8.05. The van der Waals surface area contributed by atoms with Crippen LogP contribution in [-0.2, 0) is 9.53 Å². The third kappa shape index (κ3) is 5.67. The van der Waals surface area contributed by atoms with Gasteiger partial charge in [-0.1, -0.05) is 65.5 Å². The average Bonchev–Trinajstić information content (AvgIpc) is 3.19. The Morgan fingerprint density at radius 1 is 1.14 bits per heavy atom. The first-order valence-electron chi connectivity index (χ1n) is 15.2. The molecule has 0 bridgehead atoms. The Hall–Kier alpha value is -0.990. The first kappa shape index (κ1) is 29.0. The maximum Gasteiger partial charge on any atom is 0.322 e. The van der Waals surface area contributed by atoms with Crippen molar-refractivity contribution in [2.24, 2.45) is 52.1 Å². The molecule has 5 heteroatoms. The molecule has 0 aromatic carbocycles. The first-order valence-corrected chi connectivity index (χ1v) is 16.1. The van der Waals surface area contributed by atoms with E-state index in [0.29, 0.717) is 5.41 Å². The number of hydrogen-bond acceptors (Lipinski definition) is 5. The van der Waals surface area contributed by atoms with Gasteiger partial charge in [0.1, 0.15) is 16.8 Å². The van der Waals surface area contributed by atoms with E-state index < -0.39 is 11.3 Å². The number of esters is 1. The summed E-state index contributed by atoms with van der Waals surface area (Å²) in [6.45, 7) is 14.2. The number of allylic oxidation sites excluding steroid dienone is 1. The molecule has 10 atom stereocenters. The van der Waals surface area contributed by atoms with Gasteiger partial charge in [0.05, 0.1) is 0 Å². The van der Waals surface area contributed by atoms with E-state index in [1.165, 1.54) is 56.9 Å². The van der Waals surface area contributed by atoms with Crippen LogP contribution in [0.4, 0.5) is 0 Å². The van der Waals surface area contributed by atoms with Gasteiger partial charge in [0, 0.05) is 12.5 Å². The summed E-state index contributed by atoms with van der Waals surface area (Å²) in [6, 6.07) is -0.398. The number of ether oxygens (including phenoxy) is 1. The summed E-state index contributed by atoms with van der Waals surface area (Å²) in [6.07, 6.45) is 16.3. The van der Waals surface area contributed by atoms with E-state index >= 15 is 0 Å². The molecule has 4 nitrogen and oxygen atoms in total. The number of carbonyl (C=O) groups excluding carboxylic acids is 1. The minimum Gasteiger partial charge on any atom is -0.461 e. The van der Waals surface area contributed by atoms with Crippen molar-refractivity contribution in [3.63, 3.8) is 0 Å². The smallest absolute Gasteiger partial charge is 0.322 e. The zero-order chi connectivity index (χ0) is 27.0. The lowest BCUT2D eigenvalue weighted by Crippen LogP contribution is -2.51. The van der Waals surface area contributed by atoms with Gasteiger partial charge in [-0.15, -0.1) is 0 Å². The van der Waals surface area contributed by atoms with E-state index in [4.69, 9.17) is 15.7 Å². The van der Waals surface area contributed by atoms with E-state index in [1.54, 1.807) is 6.92 Å². The number of rotatable bonds is 9. The van der Waals surface area contributed by atoms with Gasteiger partial charge in [-0.25, -0.2) is 0 Å². The van der Waals surface area contributed by atoms with Crippen LogP contribution in [0, 0.1) is 57.0 Å². The molecule has 0 radical (unpaired) electrons. The Morgan fingerprint density at radius 3 is 2.57 bits per heavy atom. The number of fused-ring (bicyclic) bond motifs is 5. The molecule has 3 fully saturated rings. The predicted molar refractivity (Wildman–Crippen MR) is 154 cm³/mol. The average molecular weight is 529 g/mol. The Morgan fingerprint density at radius 2 is 1.89 bits per heavy atom. The molecule has 4 aliphatic carbocycles. The van der Waals surface area contributed by atoms with E-state index in [-0.39, 0.29) is 17.5 Å². The van der Waals surface area contributed by atoms with Crippen molar-refractivity contribution in [1.29, 1.82) is 5.26 Å². The molecule has 2 unspecified atom stereocenters. The fraction of sp³-hybridized carbons (Fsp3) is 0.875. The molecule has 0 aromatic heterocycles. The van der Waals surface area contributed by atoms with Crippen molar-refractivity contribution < 1.29 is 9.53 Å². The summed E-state index contributed by atoms with van der Waals surface area (Å²) >= 11 is 0.925. The molecule has 208 valence electrons. The summed E-state index contributed by atoms with van der Waals surface area (Å²) in [4.78, 5) is 12.8. The van der Waals surface area contributed by atoms with Crippen LogP contribution >= 0.6 is 11.8 Å².